The normalized spacial score (nSPS) is 14.7. The largest absolute Gasteiger partial charge is 0.391 e. The highest BCUT2D eigenvalue weighted by atomic mass is 35.5. The summed E-state index contributed by atoms with van der Waals surface area (Å²) in [5.41, 5.74) is 13.5. The van der Waals surface area contributed by atoms with Crippen molar-refractivity contribution < 1.29 is 38.7 Å². The molecular formula is C38H51ClN4O8. The molecule has 6 atom stereocenters. The molecule has 0 bridgehead atoms. The number of carbonyl (C=O) groups is 7. The van der Waals surface area contributed by atoms with Crippen LogP contribution in [0.15, 0.2) is 48.5 Å². The maximum Gasteiger partial charge on any atom is 0.224 e. The summed E-state index contributed by atoms with van der Waals surface area (Å²) in [7, 11) is 0. The molecule has 12 nitrogen and oxygen atoms in total. The van der Waals surface area contributed by atoms with Gasteiger partial charge in [0, 0.05) is 54.5 Å². The summed E-state index contributed by atoms with van der Waals surface area (Å²) < 4.78 is 0. The fourth-order valence-electron chi connectivity index (χ4n) is 5.63. The molecule has 0 unspecified atom stereocenters. The first-order valence-electron chi connectivity index (χ1n) is 17.3. The smallest absolute Gasteiger partial charge is 0.224 e. The van der Waals surface area contributed by atoms with Crippen LogP contribution < -0.4 is 22.1 Å². The van der Waals surface area contributed by atoms with E-state index in [0.717, 1.165) is 18.1 Å². The average Bonchev–Trinajstić information content (AvgIpc) is 3.09. The van der Waals surface area contributed by atoms with Gasteiger partial charge in [-0.05, 0) is 69.0 Å². The van der Waals surface area contributed by atoms with Gasteiger partial charge in [-0.25, -0.2) is 0 Å². The summed E-state index contributed by atoms with van der Waals surface area (Å²) in [4.78, 5) is 89.6. The summed E-state index contributed by atoms with van der Waals surface area (Å²) in [6.07, 6.45) is -0.594. The third-order valence-corrected chi connectivity index (χ3v) is 8.99. The fraction of sp³-hybridized carbons (Fsp3) is 0.500. The van der Waals surface area contributed by atoms with Gasteiger partial charge in [0.1, 0.15) is 6.04 Å². The Hall–Kier alpha value is -4.10. The van der Waals surface area contributed by atoms with Gasteiger partial charge in [-0.3, -0.25) is 33.6 Å². The van der Waals surface area contributed by atoms with Crippen molar-refractivity contribution in [2.75, 3.05) is 13.1 Å². The molecule has 2 aromatic carbocycles. The van der Waals surface area contributed by atoms with Crippen molar-refractivity contribution in [3.8, 4) is 11.1 Å². The predicted molar refractivity (Wildman–Crippen MR) is 195 cm³/mol. The van der Waals surface area contributed by atoms with Crippen molar-refractivity contribution in [3.63, 3.8) is 0 Å². The maximum absolute atomic E-state index is 13.4. The van der Waals surface area contributed by atoms with Crippen LogP contribution >= 0.6 is 11.6 Å². The Morgan fingerprint density at radius 2 is 1.27 bits per heavy atom. The van der Waals surface area contributed by atoms with Gasteiger partial charge in [0.25, 0.3) is 0 Å². The molecule has 0 radical (unpaired) electrons. The monoisotopic (exact) mass is 726 g/mol. The van der Waals surface area contributed by atoms with Crippen molar-refractivity contribution >= 4 is 52.3 Å². The van der Waals surface area contributed by atoms with Crippen LogP contribution in [0.4, 0.5) is 0 Å². The van der Waals surface area contributed by atoms with E-state index in [9.17, 15) is 38.7 Å². The molecule has 0 saturated carbocycles. The second kappa shape index (κ2) is 21.3. The van der Waals surface area contributed by atoms with Gasteiger partial charge < -0.3 is 27.2 Å². The van der Waals surface area contributed by atoms with E-state index in [2.05, 4.69) is 10.6 Å². The Morgan fingerprint density at radius 3 is 1.80 bits per heavy atom. The number of aliphatic hydroxyl groups is 1. The Bertz CT molecular complexity index is 1530. The molecule has 2 rings (SSSR count). The summed E-state index contributed by atoms with van der Waals surface area (Å²) in [6, 6.07) is 11.9. The standard InChI is InChI=1S/C38H51ClN4O8/c1-22(36(49)25(4)45)19-33(47)31(7-5-6-17-40)42-37(50)23(2)20-34(48)35(24(3)44)43-38(51)29(16-18-41)21-32(46)28-10-8-26(9-11-28)27-12-14-30(39)15-13-27/h8-15,22-24,29,31,35,44H,5-7,16-21,40-41H2,1-4H3,(H,42,50)(H,43,51)/t22-,23-,24-,29-,31+,35+/m1/s1. The number of nitrogens with two attached hydrogens (primary N) is 2. The average molecular weight is 727 g/mol. The van der Waals surface area contributed by atoms with E-state index < -0.39 is 70.9 Å². The van der Waals surface area contributed by atoms with Gasteiger partial charge in [-0.15, -0.1) is 0 Å². The first-order chi connectivity index (χ1) is 24.1. The number of nitrogens with one attached hydrogen (secondary N) is 2. The molecule has 2 aromatic rings. The molecule has 0 aliphatic heterocycles. The Balaban J connectivity index is 2.08. The number of rotatable bonds is 23. The highest BCUT2D eigenvalue weighted by molar-refractivity contribution is 6.37. The zero-order valence-corrected chi connectivity index (χ0v) is 30.5. The summed E-state index contributed by atoms with van der Waals surface area (Å²) in [5.74, 6) is -6.61. The number of carbonyl (C=O) groups excluding carboxylic acids is 7. The van der Waals surface area contributed by atoms with Crippen molar-refractivity contribution in [1.29, 1.82) is 0 Å². The Labute approximate surface area is 304 Å². The summed E-state index contributed by atoms with van der Waals surface area (Å²) in [6.45, 7) is 5.88. The molecule has 0 fully saturated rings. The Morgan fingerprint density at radius 1 is 0.706 bits per heavy atom. The van der Waals surface area contributed by atoms with E-state index >= 15 is 0 Å². The van der Waals surface area contributed by atoms with Gasteiger partial charge in [0.2, 0.25) is 17.6 Å². The van der Waals surface area contributed by atoms with E-state index in [1.165, 1.54) is 20.8 Å². The summed E-state index contributed by atoms with van der Waals surface area (Å²) >= 11 is 5.97. The molecule has 0 saturated heterocycles. The number of benzene rings is 2. The van der Waals surface area contributed by atoms with Crippen molar-refractivity contribution in [3.05, 3.63) is 59.1 Å². The van der Waals surface area contributed by atoms with Crippen LogP contribution in [0.1, 0.15) is 83.0 Å². The third-order valence-electron chi connectivity index (χ3n) is 8.74. The molecule has 13 heteroatoms. The lowest BCUT2D eigenvalue weighted by Crippen LogP contribution is -2.51. The minimum absolute atomic E-state index is 0.0955. The maximum atomic E-state index is 13.4. The number of ketones is 5. The lowest BCUT2D eigenvalue weighted by atomic mass is 9.91. The number of hydrogen-bond donors (Lipinski definition) is 5. The lowest BCUT2D eigenvalue weighted by Gasteiger charge is -2.25. The molecule has 0 heterocycles. The molecule has 0 aliphatic rings. The topological polar surface area (TPSA) is 216 Å². The van der Waals surface area contributed by atoms with Crippen molar-refractivity contribution in [2.24, 2.45) is 29.2 Å². The number of hydrogen-bond acceptors (Lipinski definition) is 10. The molecule has 2 amide bonds. The second-order valence-corrected chi connectivity index (χ2v) is 13.6. The molecule has 278 valence electrons. The molecular weight excluding hydrogens is 676 g/mol. The van der Waals surface area contributed by atoms with Gasteiger partial charge in [0.05, 0.1) is 12.1 Å². The highest BCUT2D eigenvalue weighted by Crippen LogP contribution is 2.23. The Kier molecular flexibility index (Phi) is 18.0. The van der Waals surface area contributed by atoms with E-state index in [4.69, 9.17) is 23.1 Å². The van der Waals surface area contributed by atoms with E-state index in [-0.39, 0.29) is 44.4 Å². The number of aliphatic hydroxyl groups excluding tert-OH is 1. The number of Topliss-reactive ketones (excluding diaryl/α,β-unsaturated/α-hetero) is 5. The van der Waals surface area contributed by atoms with Crippen LogP contribution in [-0.2, 0) is 28.8 Å². The predicted octanol–water partition coefficient (Wildman–Crippen LogP) is 3.37. The minimum Gasteiger partial charge on any atom is -0.391 e. The molecule has 0 aliphatic carbocycles. The number of amides is 2. The van der Waals surface area contributed by atoms with E-state index in [1.807, 2.05) is 12.1 Å². The zero-order chi connectivity index (χ0) is 38.2. The van der Waals surface area contributed by atoms with Gasteiger partial charge >= 0.3 is 0 Å². The fourth-order valence-corrected chi connectivity index (χ4v) is 5.75. The van der Waals surface area contributed by atoms with E-state index in [1.54, 1.807) is 36.4 Å². The number of halogens is 1. The van der Waals surface area contributed by atoms with Gasteiger partial charge in [-0.2, -0.15) is 0 Å². The van der Waals surface area contributed by atoms with E-state index in [0.29, 0.717) is 30.0 Å². The van der Waals surface area contributed by atoms with Crippen LogP contribution in [0.3, 0.4) is 0 Å². The first-order valence-corrected chi connectivity index (χ1v) is 17.7. The molecule has 51 heavy (non-hydrogen) atoms. The minimum atomic E-state index is -1.37. The zero-order valence-electron chi connectivity index (χ0n) is 29.8. The van der Waals surface area contributed by atoms with Crippen molar-refractivity contribution in [2.45, 2.75) is 90.8 Å². The molecule has 7 N–H and O–H groups in total. The van der Waals surface area contributed by atoms with Gasteiger partial charge in [0.15, 0.2) is 23.1 Å². The molecule has 0 aromatic heterocycles. The first kappa shape index (κ1) is 43.1. The van der Waals surface area contributed by atoms with Crippen LogP contribution in [0, 0.1) is 17.8 Å². The van der Waals surface area contributed by atoms with Gasteiger partial charge in [-0.1, -0.05) is 61.8 Å². The third kappa shape index (κ3) is 13.9. The second-order valence-electron chi connectivity index (χ2n) is 13.1. The van der Waals surface area contributed by atoms with Crippen LogP contribution in [0.2, 0.25) is 5.02 Å². The number of unbranched alkanes of at least 4 members (excludes halogenated alkanes) is 1. The van der Waals surface area contributed by atoms with Crippen molar-refractivity contribution in [1.82, 2.24) is 10.6 Å². The molecule has 0 spiro atoms. The quantitative estimate of drug-likeness (QED) is 0.0639. The van der Waals surface area contributed by atoms with Crippen LogP contribution in [0.5, 0.6) is 0 Å². The lowest BCUT2D eigenvalue weighted by molar-refractivity contribution is -0.139. The van der Waals surface area contributed by atoms with Crippen LogP contribution in [-0.4, -0.2) is 77.1 Å². The highest BCUT2D eigenvalue weighted by Gasteiger charge is 2.33. The van der Waals surface area contributed by atoms with Crippen LogP contribution in [0.25, 0.3) is 11.1 Å². The SMILES string of the molecule is CC(=O)C(=O)[C@H](C)CC(=O)[C@H](CCCCN)NC(=O)[C@H](C)CC(=O)[C@@H](NC(=O)[C@H](CCN)CC(=O)c1ccc(-c2ccc(Cl)cc2)cc1)[C@@H](C)O. The summed E-state index contributed by atoms with van der Waals surface area (Å²) in [5, 5.41) is 16.3.